The van der Waals surface area contributed by atoms with Crippen LogP contribution in [0.25, 0.3) is 0 Å². The number of pyridine rings is 1. The molecule has 2 aromatic carbocycles. The van der Waals surface area contributed by atoms with Crippen LogP contribution in [0.5, 0.6) is 11.5 Å². The first-order valence-electron chi connectivity index (χ1n) is 11.4. The topological polar surface area (TPSA) is 60.6 Å². The van der Waals surface area contributed by atoms with Crippen LogP contribution >= 0.6 is 0 Å². The zero-order valence-electron chi connectivity index (χ0n) is 18.8. The summed E-state index contributed by atoms with van der Waals surface area (Å²) in [6.45, 7) is 4.61. The lowest BCUT2D eigenvalue weighted by Crippen LogP contribution is -2.50. The summed E-state index contributed by atoms with van der Waals surface area (Å²) in [4.78, 5) is 7.21. The van der Waals surface area contributed by atoms with Crippen LogP contribution in [-0.2, 0) is 13.0 Å². The van der Waals surface area contributed by atoms with E-state index in [1.165, 1.54) is 16.7 Å². The minimum atomic E-state index is 0.0801. The number of hydrogen-bond acceptors (Lipinski definition) is 5. The maximum Gasteiger partial charge on any atom is 0.161 e. The van der Waals surface area contributed by atoms with Gasteiger partial charge in [0.15, 0.2) is 11.5 Å². The molecule has 0 amide bonds. The molecular formula is C27H31N3O2. The van der Waals surface area contributed by atoms with Crippen molar-refractivity contribution in [1.82, 2.24) is 9.88 Å². The van der Waals surface area contributed by atoms with Crippen molar-refractivity contribution in [3.63, 3.8) is 0 Å². The van der Waals surface area contributed by atoms with Gasteiger partial charge in [-0.05, 0) is 66.3 Å². The van der Waals surface area contributed by atoms with E-state index in [9.17, 15) is 0 Å². The van der Waals surface area contributed by atoms with Gasteiger partial charge in [-0.1, -0.05) is 30.3 Å². The van der Waals surface area contributed by atoms with Crippen molar-refractivity contribution >= 4 is 0 Å². The molecule has 2 aliphatic heterocycles. The van der Waals surface area contributed by atoms with E-state index in [0.29, 0.717) is 12.6 Å². The zero-order chi connectivity index (χ0) is 22.1. The van der Waals surface area contributed by atoms with Crippen molar-refractivity contribution in [1.29, 1.82) is 0 Å². The first-order valence-corrected chi connectivity index (χ1v) is 11.4. The summed E-state index contributed by atoms with van der Waals surface area (Å²) in [7, 11) is 1.71. The molecule has 0 spiro atoms. The van der Waals surface area contributed by atoms with Crippen LogP contribution in [0.2, 0.25) is 0 Å². The summed E-state index contributed by atoms with van der Waals surface area (Å²) in [5, 5.41) is 0. The molecule has 0 unspecified atom stereocenters. The van der Waals surface area contributed by atoms with Gasteiger partial charge < -0.3 is 15.2 Å². The van der Waals surface area contributed by atoms with E-state index < -0.39 is 0 Å². The van der Waals surface area contributed by atoms with Gasteiger partial charge in [-0.3, -0.25) is 9.88 Å². The number of piperidine rings is 1. The van der Waals surface area contributed by atoms with E-state index in [1.54, 1.807) is 7.11 Å². The van der Waals surface area contributed by atoms with Gasteiger partial charge in [0.1, 0.15) is 6.61 Å². The van der Waals surface area contributed by atoms with Crippen LogP contribution in [0.1, 0.15) is 46.3 Å². The number of hydrogen-bond donors (Lipinski definition) is 1. The average Bonchev–Trinajstić information content (AvgIpc) is 2.82. The first kappa shape index (κ1) is 21.0. The second kappa shape index (κ2) is 8.93. The number of methoxy groups -OCH3 is 1. The number of fused-ring (bicyclic) bond motifs is 3. The van der Waals surface area contributed by atoms with Gasteiger partial charge in [-0.25, -0.2) is 0 Å². The third-order valence-electron chi connectivity index (χ3n) is 6.89. The van der Waals surface area contributed by atoms with Crippen LogP contribution < -0.4 is 15.2 Å². The summed E-state index contributed by atoms with van der Waals surface area (Å²) in [5.41, 5.74) is 12.9. The molecule has 2 N–H and O–H groups in total. The van der Waals surface area contributed by atoms with Gasteiger partial charge in [0.05, 0.1) is 7.11 Å². The lowest BCUT2D eigenvalue weighted by molar-refractivity contribution is 0.108. The molecule has 0 radical (unpaired) electrons. The lowest BCUT2D eigenvalue weighted by atomic mass is 9.79. The highest BCUT2D eigenvalue weighted by molar-refractivity contribution is 5.50. The molecule has 0 aliphatic carbocycles. The largest absolute Gasteiger partial charge is 0.493 e. The van der Waals surface area contributed by atoms with E-state index >= 15 is 0 Å². The Morgan fingerprint density at radius 3 is 2.72 bits per heavy atom. The Hall–Kier alpha value is -2.89. The predicted molar refractivity (Wildman–Crippen MR) is 126 cm³/mol. The molecule has 1 saturated heterocycles. The van der Waals surface area contributed by atoms with Crippen LogP contribution in [0.3, 0.4) is 0 Å². The maximum absolute atomic E-state index is 6.72. The standard InChI is InChI=1S/C27H31N3O2/c1-18-8-10-29-24(12-18)22-16-30-11-9-20-13-27(32-17-19-6-4-3-5-7-19)26(31-2)14-21(20)25(30)15-23(22)28/h3-8,10,12-14,22-23,25H,9,11,15-17,28H2,1-2H3/t22-,23+,25+/m0/s1. The molecule has 1 aromatic heterocycles. The second-order valence-electron chi connectivity index (χ2n) is 9.00. The van der Waals surface area contributed by atoms with Gasteiger partial charge in [0.2, 0.25) is 0 Å². The number of ether oxygens (including phenoxy) is 2. The molecule has 3 atom stereocenters. The normalized spacial score (nSPS) is 22.7. The fourth-order valence-electron chi connectivity index (χ4n) is 5.15. The molecule has 5 nitrogen and oxygen atoms in total. The Kier molecular flexibility index (Phi) is 5.85. The molecule has 0 bridgehead atoms. The van der Waals surface area contributed by atoms with Crippen molar-refractivity contribution < 1.29 is 9.47 Å². The quantitative estimate of drug-likeness (QED) is 0.652. The number of benzene rings is 2. The van der Waals surface area contributed by atoms with E-state index in [1.807, 2.05) is 30.5 Å². The number of nitrogens with zero attached hydrogens (tertiary/aromatic N) is 2. The molecule has 0 saturated carbocycles. The minimum absolute atomic E-state index is 0.0801. The molecule has 32 heavy (non-hydrogen) atoms. The summed E-state index contributed by atoms with van der Waals surface area (Å²) in [6, 6.07) is 19.2. The summed E-state index contributed by atoms with van der Waals surface area (Å²) < 4.78 is 11.9. The van der Waals surface area contributed by atoms with Crippen molar-refractivity contribution in [2.75, 3.05) is 20.2 Å². The van der Waals surface area contributed by atoms with Crippen molar-refractivity contribution in [2.45, 2.75) is 44.4 Å². The number of nitrogens with two attached hydrogens (primary N) is 1. The highest BCUT2D eigenvalue weighted by Gasteiger charge is 2.39. The van der Waals surface area contributed by atoms with Gasteiger partial charge in [0.25, 0.3) is 0 Å². The number of rotatable bonds is 5. The second-order valence-corrected chi connectivity index (χ2v) is 9.00. The fourth-order valence-corrected chi connectivity index (χ4v) is 5.15. The summed E-state index contributed by atoms with van der Waals surface area (Å²) in [6.07, 6.45) is 3.82. The molecular weight excluding hydrogens is 398 g/mol. The molecule has 2 aliphatic rings. The van der Waals surface area contributed by atoms with Crippen molar-refractivity contribution in [2.24, 2.45) is 5.73 Å². The molecule has 166 valence electrons. The molecule has 3 heterocycles. The minimum Gasteiger partial charge on any atom is -0.493 e. The zero-order valence-corrected chi connectivity index (χ0v) is 18.8. The molecule has 3 aromatic rings. The predicted octanol–water partition coefficient (Wildman–Crippen LogP) is 4.39. The Morgan fingerprint density at radius 2 is 1.94 bits per heavy atom. The Morgan fingerprint density at radius 1 is 1.09 bits per heavy atom. The molecule has 1 fully saturated rings. The highest BCUT2D eigenvalue weighted by atomic mass is 16.5. The van der Waals surface area contributed by atoms with E-state index in [2.05, 4.69) is 47.1 Å². The number of aryl methyl sites for hydroxylation is 1. The van der Waals surface area contributed by atoms with E-state index in [-0.39, 0.29) is 12.0 Å². The Balaban J connectivity index is 1.38. The van der Waals surface area contributed by atoms with Crippen LogP contribution in [-0.4, -0.2) is 36.1 Å². The Labute approximate surface area is 190 Å². The van der Waals surface area contributed by atoms with Crippen LogP contribution in [0, 0.1) is 6.92 Å². The SMILES string of the molecule is COc1cc2c(cc1OCc1ccccc1)CCN1C[C@H](c3cc(C)ccn3)[C@H](N)C[C@H]21. The van der Waals surface area contributed by atoms with Gasteiger partial charge in [-0.2, -0.15) is 0 Å². The highest BCUT2D eigenvalue weighted by Crippen LogP contribution is 2.44. The van der Waals surface area contributed by atoms with Crippen molar-refractivity contribution in [3.8, 4) is 11.5 Å². The molecule has 5 heteroatoms. The fraction of sp³-hybridized carbons (Fsp3) is 0.370. The Bertz CT molecular complexity index is 1090. The maximum atomic E-state index is 6.72. The summed E-state index contributed by atoms with van der Waals surface area (Å²) in [5.74, 6) is 1.87. The van der Waals surface area contributed by atoms with Crippen LogP contribution in [0.4, 0.5) is 0 Å². The number of aromatic nitrogens is 1. The van der Waals surface area contributed by atoms with Gasteiger partial charge in [-0.15, -0.1) is 0 Å². The molecule has 5 rings (SSSR count). The van der Waals surface area contributed by atoms with E-state index in [0.717, 1.165) is 48.7 Å². The third kappa shape index (κ3) is 4.10. The van der Waals surface area contributed by atoms with Crippen molar-refractivity contribution in [3.05, 3.63) is 88.7 Å². The van der Waals surface area contributed by atoms with Crippen LogP contribution in [0.15, 0.2) is 60.8 Å². The third-order valence-corrected chi connectivity index (χ3v) is 6.89. The first-order chi connectivity index (χ1) is 15.6. The average molecular weight is 430 g/mol. The van der Waals surface area contributed by atoms with E-state index in [4.69, 9.17) is 15.2 Å². The monoisotopic (exact) mass is 429 g/mol. The van der Waals surface area contributed by atoms with Gasteiger partial charge in [0, 0.05) is 43.0 Å². The van der Waals surface area contributed by atoms with Gasteiger partial charge >= 0.3 is 0 Å². The smallest absolute Gasteiger partial charge is 0.161 e. The lowest BCUT2D eigenvalue weighted by Gasteiger charge is -2.46. The summed E-state index contributed by atoms with van der Waals surface area (Å²) >= 11 is 0.